The summed E-state index contributed by atoms with van der Waals surface area (Å²) in [5.74, 6) is 1.32. The fraction of sp³-hybridized carbons (Fsp3) is 0.467. The number of hydrogen-bond acceptors (Lipinski definition) is 4. The Kier molecular flexibility index (Phi) is 8.81. The van der Waals surface area contributed by atoms with Gasteiger partial charge in [0, 0.05) is 49.2 Å². The van der Waals surface area contributed by atoms with Crippen molar-refractivity contribution in [2.24, 2.45) is 5.92 Å². The van der Waals surface area contributed by atoms with E-state index in [4.69, 9.17) is 4.74 Å². The SMILES string of the molecule is CCC(C)Cn1c(=O)cc(C)c2cc(OCCCN3CCC(NC(=O)c4ccccc4)CC3)ccc21. The smallest absolute Gasteiger partial charge is 0.251 e. The topological polar surface area (TPSA) is 63.6 Å². The van der Waals surface area contributed by atoms with Gasteiger partial charge in [0.1, 0.15) is 5.75 Å². The Labute approximate surface area is 214 Å². The van der Waals surface area contributed by atoms with Crippen LogP contribution in [0.3, 0.4) is 0 Å². The number of aryl methyl sites for hydroxylation is 1. The minimum absolute atomic E-state index is 0.0185. The highest BCUT2D eigenvalue weighted by atomic mass is 16.5. The lowest BCUT2D eigenvalue weighted by Crippen LogP contribution is -2.45. The number of nitrogens with zero attached hydrogens (tertiary/aromatic N) is 2. The van der Waals surface area contributed by atoms with Crippen molar-refractivity contribution >= 4 is 16.8 Å². The average molecular weight is 490 g/mol. The Balaban J connectivity index is 1.24. The molecule has 1 aromatic heterocycles. The molecule has 0 spiro atoms. The van der Waals surface area contributed by atoms with Crippen LogP contribution in [0.2, 0.25) is 0 Å². The molecule has 192 valence electrons. The van der Waals surface area contributed by atoms with Crippen molar-refractivity contribution in [1.82, 2.24) is 14.8 Å². The number of aromatic nitrogens is 1. The van der Waals surface area contributed by atoms with Crippen LogP contribution < -0.4 is 15.6 Å². The maximum absolute atomic E-state index is 12.6. The van der Waals surface area contributed by atoms with E-state index in [1.165, 1.54) is 0 Å². The zero-order valence-electron chi connectivity index (χ0n) is 21.8. The van der Waals surface area contributed by atoms with Crippen LogP contribution in [0.1, 0.15) is 55.5 Å². The van der Waals surface area contributed by atoms with Crippen LogP contribution >= 0.6 is 0 Å². The zero-order valence-corrected chi connectivity index (χ0v) is 21.8. The molecular weight excluding hydrogens is 450 g/mol. The van der Waals surface area contributed by atoms with Crippen molar-refractivity contribution in [3.63, 3.8) is 0 Å². The quantitative estimate of drug-likeness (QED) is 0.406. The Morgan fingerprint density at radius 2 is 1.86 bits per heavy atom. The number of rotatable bonds is 10. The molecule has 0 saturated carbocycles. The number of pyridine rings is 1. The molecule has 1 atom stereocenters. The van der Waals surface area contributed by atoms with Crippen LogP contribution in [0.5, 0.6) is 5.75 Å². The van der Waals surface area contributed by atoms with Crippen molar-refractivity contribution in [3.05, 3.63) is 76.1 Å². The Morgan fingerprint density at radius 3 is 2.58 bits per heavy atom. The molecule has 2 heterocycles. The highest BCUT2D eigenvalue weighted by Gasteiger charge is 2.21. The van der Waals surface area contributed by atoms with E-state index >= 15 is 0 Å². The molecule has 0 aliphatic carbocycles. The number of carbonyl (C=O) groups excluding carboxylic acids is 1. The molecule has 2 aromatic carbocycles. The lowest BCUT2D eigenvalue weighted by atomic mass is 10.0. The van der Waals surface area contributed by atoms with Gasteiger partial charge in [-0.1, -0.05) is 38.5 Å². The summed E-state index contributed by atoms with van der Waals surface area (Å²) >= 11 is 0. The van der Waals surface area contributed by atoms with Gasteiger partial charge in [-0.05, 0) is 68.0 Å². The second kappa shape index (κ2) is 12.2. The number of benzene rings is 2. The lowest BCUT2D eigenvalue weighted by Gasteiger charge is -2.32. The standard InChI is InChI=1S/C30H39N3O3/c1-4-22(2)21-33-28-12-11-26(20-27(28)23(3)19-29(33)34)36-18-8-15-32-16-13-25(14-17-32)31-30(35)24-9-6-5-7-10-24/h5-7,9-12,19-20,22,25H,4,8,13-18,21H2,1-3H3,(H,31,35). The second-order valence-corrected chi connectivity index (χ2v) is 10.1. The maximum Gasteiger partial charge on any atom is 0.251 e. The molecule has 1 aliphatic heterocycles. The summed E-state index contributed by atoms with van der Waals surface area (Å²) in [5, 5.41) is 4.25. The molecule has 4 rings (SSSR count). The summed E-state index contributed by atoms with van der Waals surface area (Å²) in [5.41, 5.74) is 2.76. The fourth-order valence-corrected chi connectivity index (χ4v) is 4.88. The molecule has 3 aromatic rings. The first-order valence-corrected chi connectivity index (χ1v) is 13.3. The molecule has 1 amide bonds. The van der Waals surface area contributed by atoms with Crippen LogP contribution in [0, 0.1) is 12.8 Å². The fourth-order valence-electron chi connectivity index (χ4n) is 4.88. The van der Waals surface area contributed by atoms with Crippen LogP contribution in [0.25, 0.3) is 10.9 Å². The number of ether oxygens (including phenoxy) is 1. The van der Waals surface area contributed by atoms with Crippen molar-refractivity contribution < 1.29 is 9.53 Å². The summed E-state index contributed by atoms with van der Waals surface area (Å²) in [6, 6.07) is 17.5. The number of carbonyl (C=O) groups is 1. The summed E-state index contributed by atoms with van der Waals surface area (Å²) in [4.78, 5) is 27.4. The maximum atomic E-state index is 12.6. The Hall–Kier alpha value is -3.12. The molecule has 1 aliphatic rings. The van der Waals surface area contributed by atoms with Crippen LogP contribution in [0.15, 0.2) is 59.4 Å². The molecule has 1 N–H and O–H groups in total. The van der Waals surface area contributed by atoms with Crippen molar-refractivity contribution in [2.45, 2.75) is 59.0 Å². The number of nitrogens with one attached hydrogen (secondary N) is 1. The van der Waals surface area contributed by atoms with E-state index in [1.54, 1.807) is 6.07 Å². The van der Waals surface area contributed by atoms with Crippen molar-refractivity contribution in [2.75, 3.05) is 26.2 Å². The first-order chi connectivity index (χ1) is 17.4. The second-order valence-electron chi connectivity index (χ2n) is 10.1. The third-order valence-corrected chi connectivity index (χ3v) is 7.33. The van der Waals surface area contributed by atoms with Gasteiger partial charge in [-0.15, -0.1) is 0 Å². The van der Waals surface area contributed by atoms with Gasteiger partial charge in [0.15, 0.2) is 0 Å². The number of fused-ring (bicyclic) bond motifs is 1. The largest absolute Gasteiger partial charge is 0.494 e. The van der Waals surface area contributed by atoms with E-state index in [1.807, 2.05) is 54.0 Å². The molecular formula is C30H39N3O3. The van der Waals surface area contributed by atoms with Crippen molar-refractivity contribution in [1.29, 1.82) is 0 Å². The molecule has 1 fully saturated rings. The number of likely N-dealkylation sites (tertiary alicyclic amines) is 1. The van der Waals surface area contributed by atoms with Gasteiger partial charge in [0.2, 0.25) is 0 Å². The summed E-state index contributed by atoms with van der Waals surface area (Å²) in [7, 11) is 0. The Morgan fingerprint density at radius 1 is 1.11 bits per heavy atom. The van der Waals surface area contributed by atoms with E-state index in [0.717, 1.165) is 79.6 Å². The monoisotopic (exact) mass is 489 g/mol. The van der Waals surface area contributed by atoms with Crippen molar-refractivity contribution in [3.8, 4) is 5.75 Å². The van der Waals surface area contributed by atoms with Gasteiger partial charge in [0.05, 0.1) is 12.1 Å². The highest BCUT2D eigenvalue weighted by Crippen LogP contribution is 2.24. The van der Waals surface area contributed by atoms with Gasteiger partial charge < -0.3 is 19.5 Å². The van der Waals surface area contributed by atoms with E-state index in [9.17, 15) is 9.59 Å². The van der Waals surface area contributed by atoms with Gasteiger partial charge in [-0.2, -0.15) is 0 Å². The van der Waals surface area contributed by atoms with Crippen LogP contribution in [-0.2, 0) is 6.54 Å². The van der Waals surface area contributed by atoms with Gasteiger partial charge >= 0.3 is 0 Å². The number of hydrogen-bond donors (Lipinski definition) is 1. The normalized spacial score (nSPS) is 15.6. The average Bonchev–Trinajstić information content (AvgIpc) is 2.90. The molecule has 1 unspecified atom stereocenters. The predicted molar refractivity (Wildman–Crippen MR) is 146 cm³/mol. The molecule has 1 saturated heterocycles. The summed E-state index contributed by atoms with van der Waals surface area (Å²) < 4.78 is 7.98. The molecule has 0 radical (unpaired) electrons. The van der Waals surface area contributed by atoms with E-state index in [0.29, 0.717) is 12.5 Å². The first kappa shape index (κ1) is 26.0. The van der Waals surface area contributed by atoms with Crippen LogP contribution in [0.4, 0.5) is 0 Å². The molecule has 6 heteroatoms. The summed E-state index contributed by atoms with van der Waals surface area (Å²) in [6.07, 6.45) is 3.94. The Bertz CT molecular complexity index is 1210. The first-order valence-electron chi connectivity index (χ1n) is 13.3. The highest BCUT2D eigenvalue weighted by molar-refractivity contribution is 5.94. The third kappa shape index (κ3) is 6.55. The molecule has 36 heavy (non-hydrogen) atoms. The molecule has 6 nitrogen and oxygen atoms in total. The van der Waals surface area contributed by atoms with E-state index in [-0.39, 0.29) is 17.5 Å². The summed E-state index contributed by atoms with van der Waals surface area (Å²) in [6.45, 7) is 10.7. The molecule has 0 bridgehead atoms. The third-order valence-electron chi connectivity index (χ3n) is 7.33. The predicted octanol–water partition coefficient (Wildman–Crippen LogP) is 5.02. The van der Waals surface area contributed by atoms with E-state index < -0.39 is 0 Å². The van der Waals surface area contributed by atoms with E-state index in [2.05, 4.69) is 30.1 Å². The zero-order chi connectivity index (χ0) is 25.5. The lowest BCUT2D eigenvalue weighted by molar-refractivity contribution is 0.0909. The minimum atomic E-state index is 0.0185. The van der Waals surface area contributed by atoms with Gasteiger partial charge in [-0.3, -0.25) is 9.59 Å². The minimum Gasteiger partial charge on any atom is -0.494 e. The number of piperidine rings is 1. The number of amides is 1. The van der Waals surface area contributed by atoms with Crippen LogP contribution in [-0.4, -0.2) is 47.7 Å². The van der Waals surface area contributed by atoms with Gasteiger partial charge in [0.25, 0.3) is 11.5 Å². The van der Waals surface area contributed by atoms with Gasteiger partial charge in [-0.25, -0.2) is 0 Å².